The van der Waals surface area contributed by atoms with Crippen LogP contribution in [0.1, 0.15) is 32.3 Å². The smallest absolute Gasteiger partial charge is 0.194 e. The number of rotatable bonds is 7. The molecule has 8 heteroatoms. The minimum absolute atomic E-state index is 0. The van der Waals surface area contributed by atoms with E-state index in [1.165, 1.54) is 25.7 Å². The topological polar surface area (TPSA) is 72.4 Å². The Labute approximate surface area is 185 Å². The third-order valence-corrected chi connectivity index (χ3v) is 5.11. The average Bonchev–Trinajstić information content (AvgIpc) is 3.37. The number of aromatic nitrogens is 3. The molecule has 28 heavy (non-hydrogen) atoms. The summed E-state index contributed by atoms with van der Waals surface area (Å²) >= 11 is 0. The van der Waals surface area contributed by atoms with Gasteiger partial charge in [0.05, 0.1) is 6.54 Å². The van der Waals surface area contributed by atoms with E-state index in [0.717, 1.165) is 42.5 Å². The molecule has 1 aromatic heterocycles. The maximum atomic E-state index is 4.87. The molecule has 2 heterocycles. The van der Waals surface area contributed by atoms with E-state index in [4.69, 9.17) is 4.99 Å². The fraction of sp³-hybridized carbons (Fsp3) is 0.550. The van der Waals surface area contributed by atoms with Gasteiger partial charge in [-0.2, -0.15) is 5.10 Å². The molecule has 1 saturated heterocycles. The zero-order valence-corrected chi connectivity index (χ0v) is 19.4. The fourth-order valence-electron chi connectivity index (χ4n) is 3.72. The SMILES string of the molecule is CCNC(=NCc1cccc(-c2ncn[nH]2)c1)N(C)CC1CCCN1CC.I. The highest BCUT2D eigenvalue weighted by molar-refractivity contribution is 14.0. The predicted molar refractivity (Wildman–Crippen MR) is 125 cm³/mol. The third-order valence-electron chi connectivity index (χ3n) is 5.11. The summed E-state index contributed by atoms with van der Waals surface area (Å²) in [7, 11) is 2.14. The molecule has 1 aromatic carbocycles. The minimum Gasteiger partial charge on any atom is -0.357 e. The summed E-state index contributed by atoms with van der Waals surface area (Å²) in [6.45, 7) is 9.22. The molecule has 1 aliphatic rings. The molecule has 0 radical (unpaired) electrons. The molecular weight excluding hydrogens is 465 g/mol. The summed E-state index contributed by atoms with van der Waals surface area (Å²) in [5.41, 5.74) is 2.19. The van der Waals surface area contributed by atoms with Crippen molar-refractivity contribution < 1.29 is 0 Å². The summed E-state index contributed by atoms with van der Waals surface area (Å²) in [6, 6.07) is 8.91. The van der Waals surface area contributed by atoms with Crippen LogP contribution in [0.15, 0.2) is 35.6 Å². The highest BCUT2D eigenvalue weighted by atomic mass is 127. The molecule has 0 spiro atoms. The van der Waals surface area contributed by atoms with Gasteiger partial charge in [-0.25, -0.2) is 9.98 Å². The first-order valence-electron chi connectivity index (χ1n) is 9.89. The molecule has 1 atom stereocenters. The second-order valence-corrected chi connectivity index (χ2v) is 7.01. The van der Waals surface area contributed by atoms with E-state index in [-0.39, 0.29) is 24.0 Å². The molecule has 2 aromatic rings. The lowest BCUT2D eigenvalue weighted by Gasteiger charge is -2.29. The largest absolute Gasteiger partial charge is 0.357 e. The van der Waals surface area contributed by atoms with Gasteiger partial charge in [-0.3, -0.25) is 10.00 Å². The Hall–Kier alpha value is -1.68. The van der Waals surface area contributed by atoms with Gasteiger partial charge in [0.1, 0.15) is 6.33 Å². The van der Waals surface area contributed by atoms with Gasteiger partial charge in [0, 0.05) is 31.7 Å². The Bertz CT molecular complexity index is 732. The van der Waals surface area contributed by atoms with Crippen LogP contribution in [0.25, 0.3) is 11.4 Å². The Morgan fingerprint density at radius 2 is 2.25 bits per heavy atom. The first-order valence-corrected chi connectivity index (χ1v) is 9.89. The lowest BCUT2D eigenvalue weighted by atomic mass is 10.1. The highest BCUT2D eigenvalue weighted by Gasteiger charge is 2.24. The average molecular weight is 497 g/mol. The molecule has 1 unspecified atom stereocenters. The number of benzene rings is 1. The number of likely N-dealkylation sites (N-methyl/N-ethyl adjacent to an activating group) is 2. The van der Waals surface area contributed by atoms with Crippen molar-refractivity contribution in [2.45, 2.75) is 39.3 Å². The normalized spacial score (nSPS) is 17.4. The summed E-state index contributed by atoms with van der Waals surface area (Å²) in [6.07, 6.45) is 4.10. The monoisotopic (exact) mass is 497 g/mol. The van der Waals surface area contributed by atoms with Crippen LogP contribution in [0.4, 0.5) is 0 Å². The second-order valence-electron chi connectivity index (χ2n) is 7.01. The van der Waals surface area contributed by atoms with Crippen molar-refractivity contribution in [2.75, 3.05) is 33.2 Å². The zero-order chi connectivity index (χ0) is 19.1. The summed E-state index contributed by atoms with van der Waals surface area (Å²) in [5.74, 6) is 1.75. The van der Waals surface area contributed by atoms with Crippen LogP contribution in [-0.4, -0.2) is 70.2 Å². The van der Waals surface area contributed by atoms with Crippen molar-refractivity contribution in [1.29, 1.82) is 0 Å². The van der Waals surface area contributed by atoms with E-state index in [1.54, 1.807) is 0 Å². The molecule has 3 rings (SSSR count). The Balaban J connectivity index is 0.00000280. The van der Waals surface area contributed by atoms with E-state index in [9.17, 15) is 0 Å². The second kappa shape index (κ2) is 11.4. The van der Waals surface area contributed by atoms with Crippen LogP contribution < -0.4 is 5.32 Å². The number of hydrogen-bond donors (Lipinski definition) is 2. The molecule has 1 fully saturated rings. The van der Waals surface area contributed by atoms with Crippen LogP contribution in [-0.2, 0) is 6.54 Å². The van der Waals surface area contributed by atoms with Crippen LogP contribution in [0, 0.1) is 0 Å². The number of aromatic amines is 1. The van der Waals surface area contributed by atoms with Gasteiger partial charge < -0.3 is 10.2 Å². The first kappa shape index (κ1) is 22.6. The number of halogens is 1. The molecule has 2 N–H and O–H groups in total. The van der Waals surface area contributed by atoms with E-state index in [0.29, 0.717) is 12.6 Å². The Morgan fingerprint density at radius 1 is 1.39 bits per heavy atom. The van der Waals surface area contributed by atoms with Crippen LogP contribution in [0.3, 0.4) is 0 Å². The number of nitrogens with one attached hydrogen (secondary N) is 2. The van der Waals surface area contributed by atoms with Gasteiger partial charge in [0.2, 0.25) is 0 Å². The molecule has 154 valence electrons. The maximum Gasteiger partial charge on any atom is 0.194 e. The Kier molecular flexibility index (Phi) is 9.17. The molecule has 0 saturated carbocycles. The highest BCUT2D eigenvalue weighted by Crippen LogP contribution is 2.18. The van der Waals surface area contributed by atoms with Crippen LogP contribution in [0.5, 0.6) is 0 Å². The minimum atomic E-state index is 0. The van der Waals surface area contributed by atoms with E-state index < -0.39 is 0 Å². The Morgan fingerprint density at radius 3 is 2.96 bits per heavy atom. The van der Waals surface area contributed by atoms with Crippen molar-refractivity contribution in [3.05, 3.63) is 36.2 Å². The number of aliphatic imine (C=N–C) groups is 1. The van der Waals surface area contributed by atoms with Gasteiger partial charge in [-0.1, -0.05) is 25.1 Å². The van der Waals surface area contributed by atoms with Gasteiger partial charge in [0.25, 0.3) is 0 Å². The standard InChI is InChI=1S/C20H31N7.HI/c1-4-21-20(26(3)14-18-10-7-11-27(18)5-2)22-13-16-8-6-9-17(12-16)19-23-15-24-25-19;/h6,8-9,12,15,18H,4-5,7,10-11,13-14H2,1-3H3,(H,21,22)(H,23,24,25);1H. The first-order chi connectivity index (χ1) is 13.2. The lowest BCUT2D eigenvalue weighted by molar-refractivity contribution is 0.232. The molecule has 1 aliphatic heterocycles. The van der Waals surface area contributed by atoms with Gasteiger partial charge in [-0.15, -0.1) is 24.0 Å². The lowest BCUT2D eigenvalue weighted by Crippen LogP contribution is -2.45. The molecule has 0 aliphatic carbocycles. The van der Waals surface area contributed by atoms with E-state index >= 15 is 0 Å². The number of hydrogen-bond acceptors (Lipinski definition) is 4. The van der Waals surface area contributed by atoms with Crippen LogP contribution in [0.2, 0.25) is 0 Å². The summed E-state index contributed by atoms with van der Waals surface area (Å²) in [5, 5.41) is 10.3. The quantitative estimate of drug-likeness (QED) is 0.350. The summed E-state index contributed by atoms with van der Waals surface area (Å²) < 4.78 is 0. The molecule has 7 nitrogen and oxygen atoms in total. The maximum absolute atomic E-state index is 4.87. The van der Waals surface area contributed by atoms with Gasteiger partial charge >= 0.3 is 0 Å². The predicted octanol–water partition coefficient (Wildman–Crippen LogP) is 2.97. The zero-order valence-electron chi connectivity index (χ0n) is 17.1. The van der Waals surface area contributed by atoms with Gasteiger partial charge in [0.15, 0.2) is 11.8 Å². The van der Waals surface area contributed by atoms with Crippen LogP contribution >= 0.6 is 24.0 Å². The molecule has 0 bridgehead atoms. The van der Waals surface area contributed by atoms with Crippen molar-refractivity contribution in [3.63, 3.8) is 0 Å². The number of guanidine groups is 1. The fourth-order valence-corrected chi connectivity index (χ4v) is 3.72. The van der Waals surface area contributed by atoms with Crippen molar-refractivity contribution >= 4 is 29.9 Å². The number of nitrogens with zero attached hydrogens (tertiary/aromatic N) is 5. The van der Waals surface area contributed by atoms with Crippen molar-refractivity contribution in [2.24, 2.45) is 4.99 Å². The number of likely N-dealkylation sites (tertiary alicyclic amines) is 1. The third kappa shape index (κ3) is 5.91. The van der Waals surface area contributed by atoms with Gasteiger partial charge in [-0.05, 0) is 44.5 Å². The van der Waals surface area contributed by atoms with Crippen molar-refractivity contribution in [1.82, 2.24) is 30.3 Å². The molecule has 0 amide bonds. The van der Waals surface area contributed by atoms with E-state index in [1.807, 2.05) is 12.1 Å². The molecular formula is C20H32IN7. The summed E-state index contributed by atoms with van der Waals surface area (Å²) in [4.78, 5) is 13.9. The van der Waals surface area contributed by atoms with E-state index in [2.05, 4.69) is 63.3 Å². The van der Waals surface area contributed by atoms with Crippen molar-refractivity contribution in [3.8, 4) is 11.4 Å². The number of H-pyrrole nitrogens is 1.